The Kier molecular flexibility index (Phi) is 6.18. The Morgan fingerprint density at radius 3 is 2.61 bits per heavy atom. The van der Waals surface area contributed by atoms with Crippen LogP contribution in [0.3, 0.4) is 0 Å². The summed E-state index contributed by atoms with van der Waals surface area (Å²) in [7, 11) is 0. The summed E-state index contributed by atoms with van der Waals surface area (Å²) in [6.07, 6.45) is 3.53. The van der Waals surface area contributed by atoms with Crippen molar-refractivity contribution in [2.45, 2.75) is 40.0 Å². The predicted molar refractivity (Wildman–Crippen MR) is 123 cm³/mol. The van der Waals surface area contributed by atoms with Crippen LogP contribution >= 0.6 is 11.3 Å². The fourth-order valence-corrected chi connectivity index (χ4v) is 5.05. The normalized spacial score (nSPS) is 14.0. The number of carbonyl (C=O) groups is 2. The van der Waals surface area contributed by atoms with E-state index in [2.05, 4.69) is 15.2 Å². The van der Waals surface area contributed by atoms with Gasteiger partial charge >= 0.3 is 5.97 Å². The van der Waals surface area contributed by atoms with Gasteiger partial charge in [0.15, 0.2) is 0 Å². The van der Waals surface area contributed by atoms with Gasteiger partial charge in [0.1, 0.15) is 16.5 Å². The largest absolute Gasteiger partial charge is 0.462 e. The first-order valence-corrected chi connectivity index (χ1v) is 11.4. The molecule has 3 heterocycles. The molecule has 1 saturated heterocycles. The van der Waals surface area contributed by atoms with Gasteiger partial charge in [0.2, 0.25) is 0 Å². The standard InChI is InChI=1S/C23H26N4O3S/c1-4-30-23(29)16-10-6-7-11-17(16)26-21(28)19-14(2)18-20(27-12-8-5-9-13-27)24-15(3)25-22(18)31-19/h6-7,10-11H,4-5,8-9,12-13H2,1-3H3,(H,26,28). The number of aromatic nitrogens is 2. The molecule has 1 N–H and O–H groups in total. The summed E-state index contributed by atoms with van der Waals surface area (Å²) in [5.41, 5.74) is 1.63. The maximum absolute atomic E-state index is 13.2. The first-order chi connectivity index (χ1) is 15.0. The Bertz CT molecular complexity index is 1140. The van der Waals surface area contributed by atoms with Crippen molar-refractivity contribution in [2.75, 3.05) is 29.9 Å². The van der Waals surface area contributed by atoms with Crippen molar-refractivity contribution in [3.05, 3.63) is 46.1 Å². The second-order valence-electron chi connectivity index (χ2n) is 7.60. The number of hydrogen-bond donors (Lipinski definition) is 1. The van der Waals surface area contributed by atoms with E-state index in [-0.39, 0.29) is 12.5 Å². The second-order valence-corrected chi connectivity index (χ2v) is 8.60. The molecule has 2 aromatic heterocycles. The summed E-state index contributed by atoms with van der Waals surface area (Å²) in [4.78, 5) is 38.5. The summed E-state index contributed by atoms with van der Waals surface area (Å²) in [6.45, 7) is 7.79. The predicted octanol–water partition coefficient (Wildman–Crippen LogP) is 4.73. The molecule has 0 spiro atoms. The number of anilines is 2. The van der Waals surface area contributed by atoms with E-state index in [1.54, 1.807) is 31.2 Å². The third-order valence-corrected chi connectivity index (χ3v) is 6.60. The van der Waals surface area contributed by atoms with Crippen LogP contribution in [-0.4, -0.2) is 41.5 Å². The highest BCUT2D eigenvalue weighted by atomic mass is 32.1. The Hall–Kier alpha value is -3.00. The summed E-state index contributed by atoms with van der Waals surface area (Å²) in [5, 5.41) is 3.84. The number of benzene rings is 1. The number of hydrogen-bond acceptors (Lipinski definition) is 7. The molecule has 0 atom stereocenters. The van der Waals surface area contributed by atoms with Crippen LogP contribution in [0.1, 0.15) is 57.6 Å². The first-order valence-electron chi connectivity index (χ1n) is 10.6. The highest BCUT2D eigenvalue weighted by Gasteiger charge is 2.24. The van der Waals surface area contributed by atoms with Crippen molar-refractivity contribution in [1.82, 2.24) is 9.97 Å². The molecule has 1 fully saturated rings. The quantitative estimate of drug-likeness (QED) is 0.580. The van der Waals surface area contributed by atoms with Crippen LogP contribution in [0, 0.1) is 13.8 Å². The molecule has 1 amide bonds. The van der Waals surface area contributed by atoms with Crippen LogP contribution in [0.2, 0.25) is 0 Å². The molecule has 1 aromatic carbocycles. The zero-order chi connectivity index (χ0) is 22.0. The van der Waals surface area contributed by atoms with Crippen LogP contribution in [0.25, 0.3) is 10.2 Å². The number of amides is 1. The van der Waals surface area contributed by atoms with Gasteiger partial charge in [-0.25, -0.2) is 14.8 Å². The van der Waals surface area contributed by atoms with Gasteiger partial charge in [-0.05, 0) is 57.7 Å². The number of thiophene rings is 1. The monoisotopic (exact) mass is 438 g/mol. The van der Waals surface area contributed by atoms with E-state index in [9.17, 15) is 9.59 Å². The Labute approximate surface area is 185 Å². The third-order valence-electron chi connectivity index (χ3n) is 5.42. The topological polar surface area (TPSA) is 84.4 Å². The SMILES string of the molecule is CCOC(=O)c1ccccc1NC(=O)c1sc2nc(C)nc(N3CCCCC3)c2c1C. The summed E-state index contributed by atoms with van der Waals surface area (Å²) in [6, 6.07) is 6.87. The number of para-hydroxylation sites is 1. The van der Waals surface area contributed by atoms with E-state index in [0.717, 1.165) is 47.5 Å². The number of ether oxygens (including phenoxy) is 1. The molecule has 31 heavy (non-hydrogen) atoms. The van der Waals surface area contributed by atoms with Gasteiger partial charge in [-0.2, -0.15) is 0 Å². The van der Waals surface area contributed by atoms with Crippen LogP contribution in [0.15, 0.2) is 24.3 Å². The van der Waals surface area contributed by atoms with Gasteiger partial charge in [-0.3, -0.25) is 4.79 Å². The number of nitrogens with one attached hydrogen (secondary N) is 1. The average Bonchev–Trinajstić information content (AvgIpc) is 3.10. The van der Waals surface area contributed by atoms with Crippen LogP contribution in [0.5, 0.6) is 0 Å². The lowest BCUT2D eigenvalue weighted by molar-refractivity contribution is 0.0527. The van der Waals surface area contributed by atoms with E-state index in [4.69, 9.17) is 9.72 Å². The number of aryl methyl sites for hydroxylation is 2. The molecule has 7 nitrogen and oxygen atoms in total. The number of rotatable bonds is 5. The maximum atomic E-state index is 13.2. The minimum Gasteiger partial charge on any atom is -0.462 e. The molecule has 8 heteroatoms. The molecule has 0 saturated carbocycles. The third kappa shape index (κ3) is 4.25. The fourth-order valence-electron chi connectivity index (χ4n) is 3.93. The van der Waals surface area contributed by atoms with Crippen molar-refractivity contribution in [3.63, 3.8) is 0 Å². The lowest BCUT2D eigenvalue weighted by Crippen LogP contribution is -2.30. The van der Waals surface area contributed by atoms with Gasteiger partial charge in [-0.15, -0.1) is 11.3 Å². The molecule has 4 rings (SSSR count). The van der Waals surface area contributed by atoms with E-state index in [1.807, 2.05) is 13.8 Å². The van der Waals surface area contributed by atoms with Gasteiger partial charge in [0.05, 0.1) is 28.1 Å². The van der Waals surface area contributed by atoms with E-state index in [0.29, 0.717) is 22.0 Å². The molecular formula is C23H26N4O3S. The van der Waals surface area contributed by atoms with Crippen LogP contribution in [0.4, 0.5) is 11.5 Å². The Morgan fingerprint density at radius 2 is 1.87 bits per heavy atom. The number of carbonyl (C=O) groups excluding carboxylic acids is 2. The van der Waals surface area contributed by atoms with Gasteiger partial charge in [0.25, 0.3) is 5.91 Å². The van der Waals surface area contributed by atoms with Crippen LogP contribution in [-0.2, 0) is 4.74 Å². The van der Waals surface area contributed by atoms with Crippen molar-refractivity contribution in [2.24, 2.45) is 0 Å². The molecule has 0 unspecified atom stereocenters. The second kappa shape index (κ2) is 9.01. The van der Waals surface area contributed by atoms with Gasteiger partial charge in [0, 0.05) is 13.1 Å². The highest BCUT2D eigenvalue weighted by Crippen LogP contribution is 2.36. The van der Waals surface area contributed by atoms with Crippen LogP contribution < -0.4 is 10.2 Å². The Balaban J connectivity index is 1.70. The molecule has 1 aliphatic rings. The number of fused-ring (bicyclic) bond motifs is 1. The minimum absolute atomic E-state index is 0.264. The van der Waals surface area contributed by atoms with Gasteiger partial charge < -0.3 is 15.0 Å². The summed E-state index contributed by atoms with van der Waals surface area (Å²) < 4.78 is 5.11. The molecule has 162 valence electrons. The van der Waals surface area contributed by atoms with Gasteiger partial charge in [-0.1, -0.05) is 12.1 Å². The van der Waals surface area contributed by atoms with Crippen molar-refractivity contribution in [1.29, 1.82) is 0 Å². The molecule has 0 aliphatic carbocycles. The summed E-state index contributed by atoms with van der Waals surface area (Å²) in [5.74, 6) is 0.899. The number of esters is 1. The molecular weight excluding hydrogens is 412 g/mol. The molecule has 0 radical (unpaired) electrons. The lowest BCUT2D eigenvalue weighted by Gasteiger charge is -2.28. The zero-order valence-corrected chi connectivity index (χ0v) is 18.8. The summed E-state index contributed by atoms with van der Waals surface area (Å²) >= 11 is 1.36. The maximum Gasteiger partial charge on any atom is 0.340 e. The molecule has 3 aromatic rings. The Morgan fingerprint density at radius 1 is 1.13 bits per heavy atom. The van der Waals surface area contributed by atoms with E-state index >= 15 is 0 Å². The average molecular weight is 439 g/mol. The zero-order valence-electron chi connectivity index (χ0n) is 18.0. The molecule has 1 aliphatic heterocycles. The first kappa shape index (κ1) is 21.2. The van der Waals surface area contributed by atoms with E-state index in [1.165, 1.54) is 17.8 Å². The molecule has 0 bridgehead atoms. The van der Waals surface area contributed by atoms with Crippen molar-refractivity contribution < 1.29 is 14.3 Å². The number of piperidine rings is 1. The smallest absolute Gasteiger partial charge is 0.340 e. The van der Waals surface area contributed by atoms with Crippen molar-refractivity contribution >= 4 is 44.9 Å². The number of nitrogens with zero attached hydrogens (tertiary/aromatic N) is 3. The van der Waals surface area contributed by atoms with Crippen molar-refractivity contribution in [3.8, 4) is 0 Å². The lowest BCUT2D eigenvalue weighted by atomic mass is 10.1. The minimum atomic E-state index is -0.458. The van der Waals surface area contributed by atoms with E-state index < -0.39 is 5.97 Å². The highest BCUT2D eigenvalue weighted by molar-refractivity contribution is 7.20. The fraction of sp³-hybridized carbons (Fsp3) is 0.391.